The van der Waals surface area contributed by atoms with Crippen molar-refractivity contribution in [1.82, 2.24) is 4.31 Å². The third kappa shape index (κ3) is 4.89. The zero-order valence-corrected chi connectivity index (χ0v) is 15.7. The third-order valence-corrected chi connectivity index (χ3v) is 5.67. The van der Waals surface area contributed by atoms with Gasteiger partial charge in [-0.3, -0.25) is 9.59 Å². The lowest BCUT2D eigenvalue weighted by molar-refractivity contribution is -0.117. The van der Waals surface area contributed by atoms with E-state index in [0.717, 1.165) is 4.31 Å². The van der Waals surface area contributed by atoms with Gasteiger partial charge in [-0.1, -0.05) is 0 Å². The van der Waals surface area contributed by atoms with E-state index in [1.165, 1.54) is 67.5 Å². The van der Waals surface area contributed by atoms with Crippen molar-refractivity contribution < 1.29 is 22.4 Å². The van der Waals surface area contributed by atoms with Crippen molar-refractivity contribution in [2.24, 2.45) is 5.73 Å². The highest BCUT2D eigenvalue weighted by molar-refractivity contribution is 7.89. The lowest BCUT2D eigenvalue weighted by Gasteiger charge is -2.22. The molecule has 0 aromatic heterocycles. The molecule has 0 heterocycles. The van der Waals surface area contributed by atoms with Gasteiger partial charge < -0.3 is 10.6 Å². The van der Waals surface area contributed by atoms with Crippen LogP contribution in [0.3, 0.4) is 0 Å². The second-order valence-electron chi connectivity index (χ2n) is 5.96. The molecular weight excluding hydrogens is 373 g/mol. The Bertz CT molecular complexity index is 926. The van der Waals surface area contributed by atoms with Crippen LogP contribution in [0, 0.1) is 5.82 Å². The Balaban J connectivity index is 2.34. The van der Waals surface area contributed by atoms with Crippen LogP contribution >= 0.6 is 0 Å². The van der Waals surface area contributed by atoms with Crippen LogP contribution in [0.5, 0.6) is 0 Å². The van der Waals surface area contributed by atoms with E-state index in [9.17, 15) is 22.4 Å². The van der Waals surface area contributed by atoms with Gasteiger partial charge in [-0.25, -0.2) is 17.1 Å². The minimum Gasteiger partial charge on any atom is -0.370 e. The van der Waals surface area contributed by atoms with Gasteiger partial charge in [0.2, 0.25) is 15.9 Å². The van der Waals surface area contributed by atoms with Crippen molar-refractivity contribution in [1.29, 1.82) is 0 Å². The number of anilines is 1. The normalized spacial score (nSPS) is 11.4. The Morgan fingerprint density at radius 2 is 1.56 bits per heavy atom. The van der Waals surface area contributed by atoms with E-state index in [2.05, 4.69) is 0 Å². The first-order valence-electron chi connectivity index (χ1n) is 8.01. The number of halogens is 1. The lowest BCUT2D eigenvalue weighted by atomic mass is 10.1. The summed E-state index contributed by atoms with van der Waals surface area (Å²) < 4.78 is 38.5. The van der Waals surface area contributed by atoms with Gasteiger partial charge in [-0.2, -0.15) is 0 Å². The Hall–Kier alpha value is -2.78. The van der Waals surface area contributed by atoms with Crippen molar-refractivity contribution in [3.8, 4) is 0 Å². The summed E-state index contributed by atoms with van der Waals surface area (Å²) in [7, 11) is -0.790. The molecule has 9 heteroatoms. The highest BCUT2D eigenvalue weighted by Gasteiger charge is 2.21. The Kier molecular flexibility index (Phi) is 6.29. The molecule has 2 rings (SSSR count). The fraction of sp³-hybridized carbons (Fsp3) is 0.222. The first kappa shape index (κ1) is 20.5. The van der Waals surface area contributed by atoms with Crippen LogP contribution in [0.4, 0.5) is 10.1 Å². The fourth-order valence-corrected chi connectivity index (χ4v) is 3.23. The molecule has 0 saturated carbocycles. The lowest BCUT2D eigenvalue weighted by Crippen LogP contribution is -2.34. The molecule has 0 fully saturated rings. The van der Waals surface area contributed by atoms with Gasteiger partial charge in [-0.05, 0) is 48.5 Å². The predicted molar refractivity (Wildman–Crippen MR) is 99.2 cm³/mol. The summed E-state index contributed by atoms with van der Waals surface area (Å²) in [6, 6.07) is 10.7. The van der Waals surface area contributed by atoms with Gasteiger partial charge >= 0.3 is 0 Å². The van der Waals surface area contributed by atoms with E-state index < -0.39 is 27.7 Å². The van der Waals surface area contributed by atoms with Gasteiger partial charge in [0, 0.05) is 38.3 Å². The van der Waals surface area contributed by atoms with E-state index in [4.69, 9.17) is 5.73 Å². The molecule has 144 valence electrons. The SMILES string of the molecule is CN(C)S(=O)(=O)c1ccc(C(=O)N(CCC(N)=O)c2ccc(F)cc2)cc1. The summed E-state index contributed by atoms with van der Waals surface area (Å²) in [4.78, 5) is 25.3. The third-order valence-electron chi connectivity index (χ3n) is 3.85. The van der Waals surface area contributed by atoms with Gasteiger partial charge in [0.05, 0.1) is 4.90 Å². The van der Waals surface area contributed by atoms with E-state index in [-0.39, 0.29) is 23.4 Å². The Labute approximate surface area is 157 Å². The molecule has 0 spiro atoms. The molecule has 0 unspecified atom stereocenters. The Morgan fingerprint density at radius 1 is 1.00 bits per heavy atom. The number of carbonyl (C=O) groups excluding carboxylic acids is 2. The molecule has 0 aliphatic heterocycles. The van der Waals surface area contributed by atoms with Crippen LogP contribution in [0.2, 0.25) is 0 Å². The van der Waals surface area contributed by atoms with E-state index in [1.54, 1.807) is 0 Å². The number of nitrogens with zero attached hydrogens (tertiary/aromatic N) is 2. The summed E-state index contributed by atoms with van der Waals surface area (Å²) in [6.07, 6.45) is -0.0732. The number of sulfonamides is 1. The topological polar surface area (TPSA) is 101 Å². The predicted octanol–water partition coefficient (Wildman–Crippen LogP) is 1.60. The molecule has 0 aliphatic carbocycles. The average Bonchev–Trinajstić information content (AvgIpc) is 2.62. The zero-order valence-electron chi connectivity index (χ0n) is 14.9. The molecule has 7 nitrogen and oxygen atoms in total. The molecule has 0 aliphatic rings. The maximum atomic E-state index is 13.2. The molecule has 2 N–H and O–H groups in total. The molecule has 0 atom stereocenters. The number of rotatable bonds is 7. The van der Waals surface area contributed by atoms with Crippen LogP contribution in [0.25, 0.3) is 0 Å². The number of nitrogens with two attached hydrogens (primary N) is 1. The van der Waals surface area contributed by atoms with Crippen molar-refractivity contribution in [2.45, 2.75) is 11.3 Å². The van der Waals surface area contributed by atoms with Crippen LogP contribution in [0.15, 0.2) is 53.4 Å². The summed E-state index contributed by atoms with van der Waals surface area (Å²) in [5.74, 6) is -1.50. The van der Waals surface area contributed by atoms with E-state index in [0.29, 0.717) is 5.69 Å². The first-order valence-corrected chi connectivity index (χ1v) is 9.45. The molecule has 0 saturated heterocycles. The van der Waals surface area contributed by atoms with Crippen LogP contribution < -0.4 is 10.6 Å². The van der Waals surface area contributed by atoms with Crippen LogP contribution in [0.1, 0.15) is 16.8 Å². The van der Waals surface area contributed by atoms with Gasteiger partial charge in [-0.15, -0.1) is 0 Å². The smallest absolute Gasteiger partial charge is 0.258 e. The zero-order chi connectivity index (χ0) is 20.2. The molecule has 2 amide bonds. The molecular formula is C18H20FN3O4S. The molecule has 27 heavy (non-hydrogen) atoms. The maximum Gasteiger partial charge on any atom is 0.258 e. The second-order valence-corrected chi connectivity index (χ2v) is 8.11. The molecule has 0 bridgehead atoms. The van der Waals surface area contributed by atoms with Crippen LogP contribution in [-0.2, 0) is 14.8 Å². The standard InChI is InChI=1S/C18H20FN3O4S/c1-21(2)27(25,26)16-9-3-13(4-10-16)18(24)22(12-11-17(20)23)15-7-5-14(19)6-8-15/h3-10H,11-12H2,1-2H3,(H2,20,23). The molecule has 2 aromatic rings. The summed E-state index contributed by atoms with van der Waals surface area (Å²) >= 11 is 0. The number of carbonyl (C=O) groups is 2. The molecule has 0 radical (unpaired) electrons. The quantitative estimate of drug-likeness (QED) is 0.772. The Morgan fingerprint density at radius 3 is 2.04 bits per heavy atom. The summed E-state index contributed by atoms with van der Waals surface area (Å²) in [5, 5.41) is 0. The van der Waals surface area contributed by atoms with Crippen LogP contribution in [-0.4, -0.2) is 45.2 Å². The minimum absolute atomic E-state index is 0.0115. The van der Waals surface area contributed by atoms with Gasteiger partial charge in [0.25, 0.3) is 5.91 Å². The van der Waals surface area contributed by atoms with Crippen molar-refractivity contribution in [3.05, 3.63) is 59.9 Å². The van der Waals surface area contributed by atoms with E-state index >= 15 is 0 Å². The highest BCUT2D eigenvalue weighted by Crippen LogP contribution is 2.20. The summed E-state index contributed by atoms with van der Waals surface area (Å²) in [5.41, 5.74) is 5.79. The number of benzene rings is 2. The highest BCUT2D eigenvalue weighted by atomic mass is 32.2. The number of hydrogen-bond donors (Lipinski definition) is 1. The van der Waals surface area contributed by atoms with Crippen molar-refractivity contribution >= 4 is 27.5 Å². The monoisotopic (exact) mass is 393 g/mol. The summed E-state index contributed by atoms with van der Waals surface area (Å²) in [6.45, 7) is 0.0115. The number of amides is 2. The number of primary amides is 1. The van der Waals surface area contributed by atoms with Crippen molar-refractivity contribution in [3.63, 3.8) is 0 Å². The maximum absolute atomic E-state index is 13.2. The first-order chi connectivity index (χ1) is 12.6. The minimum atomic E-state index is -3.61. The van der Waals surface area contributed by atoms with Crippen molar-refractivity contribution in [2.75, 3.05) is 25.5 Å². The largest absolute Gasteiger partial charge is 0.370 e. The van der Waals surface area contributed by atoms with Gasteiger partial charge in [0.1, 0.15) is 5.82 Å². The second kappa shape index (κ2) is 8.28. The van der Waals surface area contributed by atoms with E-state index in [1.807, 2.05) is 0 Å². The fourth-order valence-electron chi connectivity index (χ4n) is 2.33. The average molecular weight is 393 g/mol. The molecule has 2 aromatic carbocycles. The van der Waals surface area contributed by atoms with Gasteiger partial charge in [0.15, 0.2) is 0 Å². The number of hydrogen-bond acceptors (Lipinski definition) is 4.